The lowest BCUT2D eigenvalue weighted by Crippen LogP contribution is -2.53. The first-order valence-corrected chi connectivity index (χ1v) is 12.5. The number of rotatable bonds is 3. The fourth-order valence-corrected chi connectivity index (χ4v) is 6.83. The van der Waals surface area contributed by atoms with Crippen LogP contribution in [0.25, 0.3) is 0 Å². The van der Waals surface area contributed by atoms with Gasteiger partial charge >= 0.3 is 6.09 Å². The minimum absolute atomic E-state index is 0.0831. The number of nitrogens with zero attached hydrogens (tertiary/aromatic N) is 1. The Morgan fingerprint density at radius 3 is 2.90 bits per heavy atom. The molecule has 1 aliphatic carbocycles. The van der Waals surface area contributed by atoms with E-state index in [2.05, 4.69) is 30.1 Å². The molecular formula is C24H38N2O3S. The van der Waals surface area contributed by atoms with E-state index in [-0.39, 0.29) is 17.7 Å². The number of aryl methyl sites for hydroxylation is 1. The Bertz CT molecular complexity index is 771. The summed E-state index contributed by atoms with van der Waals surface area (Å²) in [4.78, 5) is 17.9. The van der Waals surface area contributed by atoms with E-state index < -0.39 is 5.60 Å². The van der Waals surface area contributed by atoms with Crippen LogP contribution in [0.1, 0.15) is 82.0 Å². The number of nitrogens with one attached hydrogen (secondary N) is 1. The van der Waals surface area contributed by atoms with Crippen LogP contribution in [0.3, 0.4) is 0 Å². The van der Waals surface area contributed by atoms with Crippen LogP contribution in [0.2, 0.25) is 0 Å². The van der Waals surface area contributed by atoms with E-state index in [9.17, 15) is 4.79 Å². The van der Waals surface area contributed by atoms with Gasteiger partial charge in [0.15, 0.2) is 0 Å². The summed E-state index contributed by atoms with van der Waals surface area (Å²) in [5.74, 6) is 0. The molecule has 1 spiro atoms. The Hall–Kier alpha value is -1.11. The summed E-state index contributed by atoms with van der Waals surface area (Å²) in [6.07, 6.45) is 7.23. The van der Waals surface area contributed by atoms with Crippen LogP contribution in [0, 0.1) is 0 Å². The highest BCUT2D eigenvalue weighted by atomic mass is 32.1. The molecular weight excluding hydrogens is 396 g/mol. The second-order valence-electron chi connectivity index (χ2n) is 10.3. The van der Waals surface area contributed by atoms with Crippen LogP contribution in [0.15, 0.2) is 6.07 Å². The lowest BCUT2D eigenvalue weighted by atomic mass is 9.78. The fraction of sp³-hybridized carbons (Fsp3) is 0.792. The predicted molar refractivity (Wildman–Crippen MR) is 121 cm³/mol. The molecule has 0 unspecified atom stereocenters. The van der Waals surface area contributed by atoms with Crippen molar-refractivity contribution in [2.75, 3.05) is 13.2 Å². The van der Waals surface area contributed by atoms with Crippen molar-refractivity contribution in [3.63, 3.8) is 0 Å². The summed E-state index contributed by atoms with van der Waals surface area (Å²) in [6.45, 7) is 12.3. The highest BCUT2D eigenvalue weighted by Gasteiger charge is 2.46. The number of thiophene rings is 1. The van der Waals surface area contributed by atoms with Crippen molar-refractivity contribution in [1.29, 1.82) is 0 Å². The minimum atomic E-state index is -0.448. The van der Waals surface area contributed by atoms with Gasteiger partial charge in [-0.3, -0.25) is 4.90 Å². The molecule has 1 amide bonds. The minimum Gasteiger partial charge on any atom is -0.444 e. The maximum absolute atomic E-state index is 12.1. The molecule has 4 atom stereocenters. The zero-order valence-corrected chi connectivity index (χ0v) is 20.1. The van der Waals surface area contributed by atoms with Gasteiger partial charge in [0.05, 0.1) is 12.2 Å². The average molecular weight is 435 g/mol. The average Bonchev–Trinajstić information content (AvgIpc) is 3.28. The van der Waals surface area contributed by atoms with E-state index in [1.54, 1.807) is 4.88 Å². The first kappa shape index (κ1) is 22.1. The van der Waals surface area contributed by atoms with Crippen molar-refractivity contribution in [2.45, 2.75) is 109 Å². The molecule has 30 heavy (non-hydrogen) atoms. The number of carbonyl (C=O) groups excluding carboxylic acids is 1. The van der Waals surface area contributed by atoms with Gasteiger partial charge in [-0.05, 0) is 77.8 Å². The first-order chi connectivity index (χ1) is 14.2. The number of carbonyl (C=O) groups is 1. The molecule has 3 aliphatic rings. The predicted octanol–water partition coefficient (Wildman–Crippen LogP) is 5.01. The smallest absolute Gasteiger partial charge is 0.407 e. The topological polar surface area (TPSA) is 50.8 Å². The normalized spacial score (nSPS) is 32.2. The summed E-state index contributed by atoms with van der Waals surface area (Å²) in [5.41, 5.74) is 0.953. The Balaban J connectivity index is 1.37. The molecule has 1 saturated heterocycles. The third kappa shape index (κ3) is 4.56. The third-order valence-electron chi connectivity index (χ3n) is 6.97. The van der Waals surface area contributed by atoms with Gasteiger partial charge in [-0.1, -0.05) is 6.92 Å². The Kier molecular flexibility index (Phi) is 6.21. The van der Waals surface area contributed by atoms with E-state index in [1.807, 2.05) is 32.1 Å². The van der Waals surface area contributed by atoms with Gasteiger partial charge in [0.25, 0.3) is 0 Å². The second-order valence-corrected chi connectivity index (χ2v) is 11.6. The monoisotopic (exact) mass is 434 g/mol. The molecule has 1 saturated carbocycles. The van der Waals surface area contributed by atoms with Crippen LogP contribution < -0.4 is 5.32 Å². The third-order valence-corrected chi connectivity index (χ3v) is 8.31. The quantitative estimate of drug-likeness (QED) is 0.727. The van der Waals surface area contributed by atoms with Crippen LogP contribution >= 0.6 is 11.3 Å². The van der Waals surface area contributed by atoms with Crippen LogP contribution in [0.4, 0.5) is 4.79 Å². The van der Waals surface area contributed by atoms with E-state index in [4.69, 9.17) is 9.47 Å². The Morgan fingerprint density at radius 2 is 2.20 bits per heavy atom. The summed E-state index contributed by atoms with van der Waals surface area (Å²) in [6, 6.07) is 3.67. The zero-order valence-electron chi connectivity index (χ0n) is 19.3. The summed E-state index contributed by atoms with van der Waals surface area (Å²) >= 11 is 1.99. The lowest BCUT2D eigenvalue weighted by molar-refractivity contribution is -0.116. The van der Waals surface area contributed by atoms with Crippen molar-refractivity contribution in [2.24, 2.45) is 0 Å². The van der Waals surface area contributed by atoms with Gasteiger partial charge in [-0.2, -0.15) is 0 Å². The Labute approximate surface area is 185 Å². The van der Waals surface area contributed by atoms with Gasteiger partial charge in [0.1, 0.15) is 5.60 Å². The SMILES string of the molecule is CCc1cc2c(s1)CCO[C@@]21CCN([C@@H]2CC[C@H](NC(=O)OC(C)(C)C)C2)[C@@H](C)C1. The van der Waals surface area contributed by atoms with Crippen molar-refractivity contribution in [3.05, 3.63) is 21.4 Å². The van der Waals surface area contributed by atoms with Gasteiger partial charge < -0.3 is 14.8 Å². The molecule has 1 N–H and O–H groups in total. The molecule has 2 aliphatic heterocycles. The number of fused-ring (bicyclic) bond motifs is 2. The molecule has 5 nitrogen and oxygen atoms in total. The lowest BCUT2D eigenvalue weighted by Gasteiger charge is -2.49. The molecule has 2 fully saturated rings. The van der Waals surface area contributed by atoms with Crippen molar-refractivity contribution in [1.82, 2.24) is 10.2 Å². The number of hydrogen-bond acceptors (Lipinski definition) is 5. The first-order valence-electron chi connectivity index (χ1n) is 11.7. The molecule has 4 rings (SSSR count). The molecule has 0 radical (unpaired) electrons. The maximum Gasteiger partial charge on any atom is 0.407 e. The number of piperidine rings is 1. The Morgan fingerprint density at radius 1 is 1.40 bits per heavy atom. The largest absolute Gasteiger partial charge is 0.444 e. The number of hydrogen-bond donors (Lipinski definition) is 1. The molecule has 1 aromatic rings. The summed E-state index contributed by atoms with van der Waals surface area (Å²) in [5, 5.41) is 3.09. The van der Waals surface area contributed by atoms with E-state index >= 15 is 0 Å². The summed E-state index contributed by atoms with van der Waals surface area (Å²) in [7, 11) is 0. The van der Waals surface area contributed by atoms with E-state index in [1.165, 1.54) is 10.4 Å². The van der Waals surface area contributed by atoms with Crippen LogP contribution in [-0.2, 0) is 27.9 Å². The molecule has 1 aromatic heterocycles. The highest BCUT2D eigenvalue weighted by molar-refractivity contribution is 7.12. The van der Waals surface area contributed by atoms with Gasteiger partial charge in [-0.25, -0.2) is 4.79 Å². The summed E-state index contributed by atoms with van der Waals surface area (Å²) < 4.78 is 11.9. The van der Waals surface area contributed by atoms with E-state index in [0.717, 1.165) is 58.1 Å². The maximum atomic E-state index is 12.1. The number of alkyl carbamates (subject to hydrolysis) is 1. The van der Waals surface area contributed by atoms with Crippen molar-refractivity contribution < 1.29 is 14.3 Å². The zero-order chi connectivity index (χ0) is 21.5. The second kappa shape index (κ2) is 8.44. The van der Waals surface area contributed by atoms with Crippen molar-refractivity contribution >= 4 is 17.4 Å². The van der Waals surface area contributed by atoms with Crippen molar-refractivity contribution in [3.8, 4) is 0 Å². The highest BCUT2D eigenvalue weighted by Crippen LogP contribution is 2.47. The fourth-order valence-electron chi connectivity index (χ4n) is 5.66. The standard InChI is InChI=1S/C24H38N2O3S/c1-6-19-14-20-21(30-19)9-12-28-24(20)10-11-26(16(2)15-24)18-8-7-17(13-18)25-22(27)29-23(3,4)5/h14,16-18H,6-13,15H2,1-5H3,(H,25,27)/t16-,17-,18+,24+/m0/s1. The molecule has 0 aromatic carbocycles. The molecule has 3 heterocycles. The van der Waals surface area contributed by atoms with Crippen LogP contribution in [0.5, 0.6) is 0 Å². The van der Waals surface area contributed by atoms with Gasteiger partial charge in [-0.15, -0.1) is 11.3 Å². The molecule has 6 heteroatoms. The number of ether oxygens (including phenoxy) is 2. The number of amides is 1. The molecule has 168 valence electrons. The van der Waals surface area contributed by atoms with E-state index in [0.29, 0.717) is 12.1 Å². The number of likely N-dealkylation sites (tertiary alicyclic amines) is 1. The van der Waals surface area contributed by atoms with Gasteiger partial charge in [0.2, 0.25) is 0 Å². The van der Waals surface area contributed by atoms with Gasteiger partial charge in [0, 0.05) is 40.8 Å². The van der Waals surface area contributed by atoms with Crippen LogP contribution in [-0.4, -0.2) is 47.9 Å². The molecule has 0 bridgehead atoms.